The van der Waals surface area contributed by atoms with Crippen molar-refractivity contribution in [3.05, 3.63) is 65.0 Å². The number of hydrogen-bond donors (Lipinski definition) is 1. The van der Waals surface area contributed by atoms with Crippen molar-refractivity contribution in [2.75, 3.05) is 12.8 Å². The molecule has 0 saturated carbocycles. The molecule has 1 atom stereocenters. The van der Waals surface area contributed by atoms with Crippen LogP contribution in [-0.2, 0) is 29.1 Å². The van der Waals surface area contributed by atoms with E-state index in [2.05, 4.69) is 16.5 Å². The number of amides is 1. The summed E-state index contributed by atoms with van der Waals surface area (Å²) in [6, 6.07) is 12.8. The van der Waals surface area contributed by atoms with Crippen LogP contribution in [0, 0.1) is 0 Å². The Morgan fingerprint density at radius 3 is 2.62 bits per heavy atom. The van der Waals surface area contributed by atoms with Crippen LogP contribution in [0.25, 0.3) is 11.1 Å². The molecule has 166 valence electrons. The minimum atomic E-state index is -3.22. The van der Waals surface area contributed by atoms with Gasteiger partial charge in [0.25, 0.3) is 5.91 Å². The summed E-state index contributed by atoms with van der Waals surface area (Å²) in [6.07, 6.45) is 5.53. The van der Waals surface area contributed by atoms with E-state index in [1.54, 1.807) is 12.1 Å². The van der Waals surface area contributed by atoms with E-state index in [4.69, 9.17) is 9.26 Å². The van der Waals surface area contributed by atoms with E-state index in [-0.39, 0.29) is 12.0 Å². The zero-order valence-electron chi connectivity index (χ0n) is 17.8. The van der Waals surface area contributed by atoms with E-state index in [0.29, 0.717) is 23.6 Å². The predicted octanol–water partition coefficient (Wildman–Crippen LogP) is 3.36. The van der Waals surface area contributed by atoms with Crippen LogP contribution >= 0.6 is 0 Å². The minimum absolute atomic E-state index is 0.153. The van der Waals surface area contributed by atoms with Crippen molar-refractivity contribution in [2.45, 2.75) is 43.1 Å². The molecule has 0 bridgehead atoms. The maximum atomic E-state index is 12.6. The standard InChI is InChI=1S/C24H24N2O5S/c1-32(28,29)19-9-6-15(7-10-19)16-8-11-21-17(12-16)13-18(30-21)14-25-24(27)23-20-4-2-3-5-22(20)31-26-23/h6-12,18H,2-5,13-14H2,1H3,(H,25,27)/t18-/m0/s1. The lowest BCUT2D eigenvalue weighted by molar-refractivity contribution is 0.0923. The number of nitrogens with zero attached hydrogens (tertiary/aromatic N) is 1. The highest BCUT2D eigenvalue weighted by molar-refractivity contribution is 7.90. The lowest BCUT2D eigenvalue weighted by Gasteiger charge is -2.12. The molecule has 7 nitrogen and oxygen atoms in total. The van der Waals surface area contributed by atoms with Gasteiger partial charge < -0.3 is 14.6 Å². The van der Waals surface area contributed by atoms with Crippen LogP contribution in [0.1, 0.15) is 40.2 Å². The van der Waals surface area contributed by atoms with Crippen LogP contribution in [0.4, 0.5) is 0 Å². The second-order valence-corrected chi connectivity index (χ2v) is 10.4. The molecule has 1 aliphatic heterocycles. The first kappa shape index (κ1) is 20.8. The Hall–Kier alpha value is -3.13. The quantitative estimate of drug-likeness (QED) is 0.637. The van der Waals surface area contributed by atoms with Gasteiger partial charge in [0.05, 0.1) is 11.4 Å². The third kappa shape index (κ3) is 4.02. The Kier molecular flexibility index (Phi) is 5.25. The average Bonchev–Trinajstić information content (AvgIpc) is 3.40. The Morgan fingerprint density at radius 2 is 1.84 bits per heavy atom. The number of carbonyl (C=O) groups excluding carboxylic acids is 1. The van der Waals surface area contributed by atoms with E-state index in [1.807, 2.05) is 24.3 Å². The van der Waals surface area contributed by atoms with Crippen molar-refractivity contribution >= 4 is 15.7 Å². The van der Waals surface area contributed by atoms with Crippen LogP contribution in [-0.4, -0.2) is 38.4 Å². The molecule has 0 saturated heterocycles. The van der Waals surface area contributed by atoms with Crippen molar-refractivity contribution < 1.29 is 22.5 Å². The summed E-state index contributed by atoms with van der Waals surface area (Å²) in [5, 5.41) is 6.92. The summed E-state index contributed by atoms with van der Waals surface area (Å²) in [7, 11) is -3.22. The van der Waals surface area contributed by atoms with Crippen LogP contribution in [0.2, 0.25) is 0 Å². The van der Waals surface area contributed by atoms with Crippen LogP contribution in [0.15, 0.2) is 51.9 Å². The molecule has 1 amide bonds. The van der Waals surface area contributed by atoms with E-state index < -0.39 is 9.84 Å². The highest BCUT2D eigenvalue weighted by Gasteiger charge is 2.27. The number of aryl methyl sites for hydroxylation is 1. The van der Waals surface area contributed by atoms with Crippen LogP contribution in [0.5, 0.6) is 5.75 Å². The Morgan fingerprint density at radius 1 is 1.09 bits per heavy atom. The Labute approximate surface area is 186 Å². The molecular weight excluding hydrogens is 428 g/mol. The fourth-order valence-electron chi connectivity index (χ4n) is 4.36. The highest BCUT2D eigenvalue weighted by atomic mass is 32.2. The number of fused-ring (bicyclic) bond motifs is 2. The lowest BCUT2D eigenvalue weighted by atomic mass is 9.96. The molecule has 2 heterocycles. The number of carbonyl (C=O) groups is 1. The molecule has 1 N–H and O–H groups in total. The fourth-order valence-corrected chi connectivity index (χ4v) is 4.99. The zero-order valence-corrected chi connectivity index (χ0v) is 18.6. The molecular formula is C24H24N2O5S. The monoisotopic (exact) mass is 452 g/mol. The molecule has 0 fully saturated rings. The Bertz CT molecular complexity index is 1280. The number of sulfone groups is 1. The summed E-state index contributed by atoms with van der Waals surface area (Å²) in [6.45, 7) is 0.382. The molecule has 5 rings (SSSR count). The summed E-state index contributed by atoms with van der Waals surface area (Å²) >= 11 is 0. The number of hydrogen-bond acceptors (Lipinski definition) is 6. The third-order valence-corrected chi connectivity index (χ3v) is 7.20. The molecule has 2 aromatic carbocycles. The predicted molar refractivity (Wildman–Crippen MR) is 119 cm³/mol. The second kappa shape index (κ2) is 8.09. The maximum Gasteiger partial charge on any atom is 0.273 e. The van der Waals surface area contributed by atoms with Crippen molar-refractivity contribution in [3.63, 3.8) is 0 Å². The van der Waals surface area contributed by atoms with Gasteiger partial charge in [-0.2, -0.15) is 0 Å². The minimum Gasteiger partial charge on any atom is -0.488 e. The molecule has 0 unspecified atom stereocenters. The van der Waals surface area contributed by atoms with Gasteiger partial charge in [-0.25, -0.2) is 8.42 Å². The molecule has 8 heteroatoms. The van der Waals surface area contributed by atoms with Gasteiger partial charge in [0.1, 0.15) is 17.6 Å². The van der Waals surface area contributed by atoms with Gasteiger partial charge in [-0.05, 0) is 60.2 Å². The van der Waals surface area contributed by atoms with Gasteiger partial charge in [0.2, 0.25) is 0 Å². The second-order valence-electron chi connectivity index (χ2n) is 8.41. The van der Waals surface area contributed by atoms with Gasteiger partial charge in [-0.15, -0.1) is 0 Å². The number of rotatable bonds is 5. The first-order chi connectivity index (χ1) is 15.4. The SMILES string of the molecule is CS(=O)(=O)c1ccc(-c2ccc3c(c2)C[C@@H](CNC(=O)c2noc4c2CCCC4)O3)cc1. The maximum absolute atomic E-state index is 12.6. The van der Waals surface area contributed by atoms with E-state index in [9.17, 15) is 13.2 Å². The van der Waals surface area contributed by atoms with Gasteiger partial charge in [0, 0.05) is 24.7 Å². The van der Waals surface area contributed by atoms with Crippen molar-refractivity contribution in [2.24, 2.45) is 0 Å². The highest BCUT2D eigenvalue weighted by Crippen LogP contribution is 2.33. The summed E-state index contributed by atoms with van der Waals surface area (Å²) in [5.41, 5.74) is 4.33. The van der Waals surface area contributed by atoms with Crippen molar-refractivity contribution in [1.82, 2.24) is 10.5 Å². The van der Waals surface area contributed by atoms with E-state index in [0.717, 1.165) is 59.4 Å². The van der Waals surface area contributed by atoms with E-state index in [1.165, 1.54) is 6.26 Å². The molecule has 32 heavy (non-hydrogen) atoms. The number of nitrogens with one attached hydrogen (secondary N) is 1. The van der Waals surface area contributed by atoms with Gasteiger partial charge in [-0.3, -0.25) is 4.79 Å². The van der Waals surface area contributed by atoms with Crippen LogP contribution in [0.3, 0.4) is 0 Å². The Balaban J connectivity index is 1.24. The van der Waals surface area contributed by atoms with Crippen LogP contribution < -0.4 is 10.1 Å². The smallest absolute Gasteiger partial charge is 0.273 e. The lowest BCUT2D eigenvalue weighted by Crippen LogP contribution is -2.35. The normalized spacial score (nSPS) is 17.3. The van der Waals surface area contributed by atoms with Crippen molar-refractivity contribution in [3.8, 4) is 16.9 Å². The molecule has 0 radical (unpaired) electrons. The van der Waals surface area contributed by atoms with Crippen molar-refractivity contribution in [1.29, 1.82) is 0 Å². The summed E-state index contributed by atoms with van der Waals surface area (Å²) in [5.74, 6) is 1.42. The van der Waals surface area contributed by atoms with Gasteiger partial charge in [-0.1, -0.05) is 23.4 Å². The first-order valence-corrected chi connectivity index (χ1v) is 12.6. The zero-order chi connectivity index (χ0) is 22.3. The molecule has 0 spiro atoms. The first-order valence-electron chi connectivity index (χ1n) is 10.7. The summed E-state index contributed by atoms with van der Waals surface area (Å²) in [4.78, 5) is 12.9. The third-order valence-electron chi connectivity index (χ3n) is 6.07. The largest absolute Gasteiger partial charge is 0.488 e. The number of aromatic nitrogens is 1. The van der Waals surface area contributed by atoms with E-state index >= 15 is 0 Å². The molecule has 2 aliphatic rings. The number of ether oxygens (including phenoxy) is 1. The topological polar surface area (TPSA) is 98.5 Å². The number of benzene rings is 2. The summed E-state index contributed by atoms with van der Waals surface area (Å²) < 4.78 is 34.7. The molecule has 1 aromatic heterocycles. The van der Waals surface area contributed by atoms with Gasteiger partial charge >= 0.3 is 0 Å². The molecule has 3 aromatic rings. The fraction of sp³-hybridized carbons (Fsp3) is 0.333. The molecule has 1 aliphatic carbocycles. The van der Waals surface area contributed by atoms with Gasteiger partial charge in [0.15, 0.2) is 15.5 Å². The average molecular weight is 453 g/mol.